The molecule has 1 amide bonds. The molecule has 0 spiro atoms. The number of rotatable bonds is 3. The van der Waals surface area contributed by atoms with E-state index < -0.39 is 6.04 Å². The van der Waals surface area contributed by atoms with Crippen molar-refractivity contribution in [2.24, 2.45) is 11.1 Å². The number of carbonyl (C=O) groups excluding carboxylic acids is 1. The Kier molecular flexibility index (Phi) is 3.80. The first-order valence-electron chi connectivity index (χ1n) is 8.46. The van der Waals surface area contributed by atoms with Gasteiger partial charge in [0.25, 0.3) is 0 Å². The summed E-state index contributed by atoms with van der Waals surface area (Å²) in [6.07, 6.45) is 5.17. The van der Waals surface area contributed by atoms with Crippen molar-refractivity contribution in [3.05, 3.63) is 35.9 Å². The summed E-state index contributed by atoms with van der Waals surface area (Å²) in [5, 5.41) is 0. The summed E-state index contributed by atoms with van der Waals surface area (Å²) in [6.45, 7) is 6.86. The quantitative estimate of drug-likeness (QED) is 0.932. The fourth-order valence-corrected chi connectivity index (χ4v) is 4.87. The minimum Gasteiger partial charge on any atom is -0.332 e. The van der Waals surface area contributed by atoms with Crippen molar-refractivity contribution in [2.45, 2.75) is 70.5 Å². The molecule has 22 heavy (non-hydrogen) atoms. The lowest BCUT2D eigenvalue weighted by Gasteiger charge is -2.44. The van der Waals surface area contributed by atoms with Gasteiger partial charge < -0.3 is 10.6 Å². The van der Waals surface area contributed by atoms with Crippen molar-refractivity contribution in [2.75, 3.05) is 0 Å². The van der Waals surface area contributed by atoms with Crippen LogP contribution in [-0.4, -0.2) is 28.4 Å². The highest BCUT2D eigenvalue weighted by Crippen LogP contribution is 2.53. The molecule has 3 rings (SSSR count). The summed E-state index contributed by atoms with van der Waals surface area (Å²) in [5.41, 5.74) is 7.62. The van der Waals surface area contributed by atoms with Gasteiger partial charge in [-0.05, 0) is 50.0 Å². The normalized spacial score (nSPS) is 31.1. The molecule has 3 heteroatoms. The second kappa shape index (κ2) is 5.38. The summed E-state index contributed by atoms with van der Waals surface area (Å²) in [7, 11) is 0. The number of piperidine rings is 1. The molecular weight excluding hydrogens is 272 g/mol. The molecule has 2 N–H and O–H groups in total. The zero-order valence-electron chi connectivity index (χ0n) is 14.0. The molecule has 0 aliphatic carbocycles. The van der Waals surface area contributed by atoms with Gasteiger partial charge in [-0.2, -0.15) is 0 Å². The predicted octanol–water partition coefficient (Wildman–Crippen LogP) is 3.13. The van der Waals surface area contributed by atoms with E-state index in [9.17, 15) is 4.79 Å². The summed E-state index contributed by atoms with van der Waals surface area (Å²) in [6, 6.07) is 10.00. The Hall–Kier alpha value is -1.35. The smallest absolute Gasteiger partial charge is 0.240 e. The van der Waals surface area contributed by atoms with Gasteiger partial charge in [0.15, 0.2) is 0 Å². The number of benzene rings is 1. The fraction of sp³-hybridized carbons (Fsp3) is 0.632. The summed E-state index contributed by atoms with van der Waals surface area (Å²) in [4.78, 5) is 15.2. The number of fused-ring (bicyclic) bond motifs is 2. The van der Waals surface area contributed by atoms with Crippen LogP contribution in [0.15, 0.2) is 30.3 Å². The highest BCUT2D eigenvalue weighted by Gasteiger charge is 2.57. The number of amides is 1. The number of carbonyl (C=O) groups is 1. The number of nitrogens with zero attached hydrogens (tertiary/aromatic N) is 1. The third-order valence-corrected chi connectivity index (χ3v) is 5.68. The Morgan fingerprint density at radius 2 is 2.00 bits per heavy atom. The first-order valence-corrected chi connectivity index (χ1v) is 8.46. The molecule has 120 valence electrons. The molecule has 2 bridgehead atoms. The molecule has 1 aromatic rings. The molecule has 0 unspecified atom stereocenters. The van der Waals surface area contributed by atoms with Crippen LogP contribution in [0.4, 0.5) is 0 Å². The van der Waals surface area contributed by atoms with Gasteiger partial charge in [-0.15, -0.1) is 0 Å². The molecule has 2 heterocycles. The van der Waals surface area contributed by atoms with Gasteiger partial charge in [-0.1, -0.05) is 44.2 Å². The highest BCUT2D eigenvalue weighted by atomic mass is 16.2. The Morgan fingerprint density at radius 3 is 2.64 bits per heavy atom. The fourth-order valence-electron chi connectivity index (χ4n) is 4.87. The molecule has 0 radical (unpaired) electrons. The highest BCUT2D eigenvalue weighted by molar-refractivity contribution is 5.83. The lowest BCUT2D eigenvalue weighted by Crippen LogP contribution is -2.57. The number of nitrogens with two attached hydrogens (primary N) is 1. The van der Waals surface area contributed by atoms with Crippen LogP contribution in [0.1, 0.15) is 52.0 Å². The van der Waals surface area contributed by atoms with E-state index in [1.54, 1.807) is 0 Å². The molecule has 2 saturated heterocycles. The summed E-state index contributed by atoms with van der Waals surface area (Å²) < 4.78 is 0. The second-order valence-electron chi connectivity index (χ2n) is 8.07. The monoisotopic (exact) mass is 300 g/mol. The van der Waals surface area contributed by atoms with Gasteiger partial charge in [0.1, 0.15) is 0 Å². The van der Waals surface area contributed by atoms with Crippen molar-refractivity contribution in [1.29, 1.82) is 0 Å². The van der Waals surface area contributed by atoms with Gasteiger partial charge >= 0.3 is 0 Å². The van der Waals surface area contributed by atoms with E-state index in [1.165, 1.54) is 6.42 Å². The van der Waals surface area contributed by atoms with Gasteiger partial charge in [0.05, 0.1) is 6.04 Å². The minimum absolute atomic E-state index is 0.00217. The minimum atomic E-state index is -0.434. The van der Waals surface area contributed by atoms with Crippen LogP contribution in [0.25, 0.3) is 0 Å². The van der Waals surface area contributed by atoms with Crippen molar-refractivity contribution >= 4 is 5.91 Å². The average Bonchev–Trinajstić information content (AvgIpc) is 2.57. The molecule has 2 fully saturated rings. The van der Waals surface area contributed by atoms with Crippen LogP contribution in [-0.2, 0) is 11.2 Å². The molecule has 2 aliphatic rings. The third-order valence-electron chi connectivity index (χ3n) is 5.68. The van der Waals surface area contributed by atoms with Gasteiger partial charge in [0, 0.05) is 11.6 Å². The third kappa shape index (κ3) is 2.56. The van der Waals surface area contributed by atoms with Crippen molar-refractivity contribution in [3.8, 4) is 0 Å². The topological polar surface area (TPSA) is 46.3 Å². The van der Waals surface area contributed by atoms with Crippen LogP contribution < -0.4 is 5.73 Å². The molecular formula is C19H28N2O. The van der Waals surface area contributed by atoms with Crippen LogP contribution >= 0.6 is 0 Å². The van der Waals surface area contributed by atoms with Crippen LogP contribution in [0.3, 0.4) is 0 Å². The Labute approximate surface area is 133 Å². The standard InChI is InChI=1S/C19H28N2O/c1-18(2)13-19(3)11-7-10-16(18)21(19)17(22)15(20)12-14-8-5-4-6-9-14/h4-6,8-9,15-16H,7,10-13,20H2,1-3H3/t15-,16-,19+/m0/s1. The molecule has 2 aliphatic heterocycles. The molecule has 1 aromatic carbocycles. The first kappa shape index (κ1) is 15.5. The van der Waals surface area contributed by atoms with E-state index in [0.717, 1.165) is 24.8 Å². The zero-order chi connectivity index (χ0) is 16.0. The maximum Gasteiger partial charge on any atom is 0.240 e. The lowest BCUT2D eigenvalue weighted by molar-refractivity contribution is -0.141. The van der Waals surface area contributed by atoms with Crippen LogP contribution in [0.5, 0.6) is 0 Å². The van der Waals surface area contributed by atoms with E-state index in [2.05, 4.69) is 25.7 Å². The predicted molar refractivity (Wildman–Crippen MR) is 89.4 cm³/mol. The molecule has 0 aromatic heterocycles. The largest absolute Gasteiger partial charge is 0.332 e. The average molecular weight is 300 g/mol. The number of hydrogen-bond donors (Lipinski definition) is 1. The molecule has 0 saturated carbocycles. The van der Waals surface area contributed by atoms with E-state index in [1.807, 2.05) is 30.3 Å². The maximum absolute atomic E-state index is 13.1. The van der Waals surface area contributed by atoms with Crippen molar-refractivity contribution < 1.29 is 4.79 Å². The Morgan fingerprint density at radius 1 is 1.32 bits per heavy atom. The SMILES string of the molecule is CC1(C)C[C@@]2(C)CCC[C@@H]1N2C(=O)[C@@H](N)Cc1ccccc1. The van der Waals surface area contributed by atoms with Crippen LogP contribution in [0, 0.1) is 5.41 Å². The molecule has 3 atom stereocenters. The van der Waals surface area contributed by atoms with E-state index >= 15 is 0 Å². The number of hydrogen-bond acceptors (Lipinski definition) is 2. The second-order valence-corrected chi connectivity index (χ2v) is 8.07. The zero-order valence-corrected chi connectivity index (χ0v) is 14.0. The van der Waals surface area contributed by atoms with Gasteiger partial charge in [-0.25, -0.2) is 0 Å². The van der Waals surface area contributed by atoms with E-state index in [4.69, 9.17) is 5.73 Å². The van der Waals surface area contributed by atoms with Gasteiger partial charge in [-0.3, -0.25) is 4.79 Å². The Balaban J connectivity index is 1.79. The Bertz CT molecular complexity index is 554. The van der Waals surface area contributed by atoms with Crippen LogP contribution in [0.2, 0.25) is 0 Å². The maximum atomic E-state index is 13.1. The first-order chi connectivity index (χ1) is 10.3. The van der Waals surface area contributed by atoms with Crippen molar-refractivity contribution in [1.82, 2.24) is 4.90 Å². The van der Waals surface area contributed by atoms with E-state index in [0.29, 0.717) is 12.5 Å². The van der Waals surface area contributed by atoms with Gasteiger partial charge in [0.2, 0.25) is 5.91 Å². The lowest BCUT2D eigenvalue weighted by atomic mass is 9.82. The molecule has 3 nitrogen and oxygen atoms in total. The summed E-state index contributed by atoms with van der Waals surface area (Å²) >= 11 is 0. The van der Waals surface area contributed by atoms with E-state index in [-0.39, 0.29) is 16.9 Å². The summed E-state index contributed by atoms with van der Waals surface area (Å²) in [5.74, 6) is 0.140. The van der Waals surface area contributed by atoms with Crippen molar-refractivity contribution in [3.63, 3.8) is 0 Å².